The van der Waals surface area contributed by atoms with Gasteiger partial charge < -0.3 is 15.7 Å². The van der Waals surface area contributed by atoms with Crippen molar-refractivity contribution in [2.24, 2.45) is 0 Å². The summed E-state index contributed by atoms with van der Waals surface area (Å²) in [5.41, 5.74) is -0.505. The fraction of sp³-hybridized carbons (Fsp3) is 0.357. The molecule has 114 valence electrons. The summed E-state index contributed by atoms with van der Waals surface area (Å²) in [7, 11) is 0. The number of amides is 2. The molecule has 0 aliphatic rings. The summed E-state index contributed by atoms with van der Waals surface area (Å²) >= 11 is 1.49. The van der Waals surface area contributed by atoms with Crippen LogP contribution in [0.4, 0.5) is 19.3 Å². The Bertz CT molecular complexity index is 517. The number of aliphatic hydroxyl groups excluding tert-OH is 1. The lowest BCUT2D eigenvalue weighted by atomic mass is 10.2. The van der Waals surface area contributed by atoms with Crippen LogP contribution in [0.3, 0.4) is 0 Å². The van der Waals surface area contributed by atoms with Gasteiger partial charge in [0.15, 0.2) is 11.6 Å². The molecular weight excluding hydrogens is 298 g/mol. The van der Waals surface area contributed by atoms with Crippen LogP contribution >= 0.6 is 11.8 Å². The molecule has 1 aromatic rings. The Morgan fingerprint density at radius 1 is 1.48 bits per heavy atom. The van der Waals surface area contributed by atoms with Gasteiger partial charge in [0.05, 0.1) is 0 Å². The van der Waals surface area contributed by atoms with Crippen LogP contribution < -0.4 is 10.6 Å². The Morgan fingerprint density at radius 3 is 2.57 bits per heavy atom. The lowest BCUT2D eigenvalue weighted by Crippen LogP contribution is -2.40. The fourth-order valence-corrected chi connectivity index (χ4v) is 2.32. The van der Waals surface area contributed by atoms with Gasteiger partial charge in [-0.15, -0.1) is 6.42 Å². The Kier molecular flexibility index (Phi) is 6.99. The number of terminal acetylenes is 1. The number of nitrogens with one attached hydrogen (secondary N) is 2. The molecule has 1 atom stereocenters. The molecule has 4 nitrogen and oxygen atoms in total. The summed E-state index contributed by atoms with van der Waals surface area (Å²) in [6.45, 7) is -0.0922. The van der Waals surface area contributed by atoms with E-state index in [1.165, 1.54) is 11.8 Å². The molecule has 0 aliphatic carbocycles. The van der Waals surface area contributed by atoms with E-state index < -0.39 is 23.4 Å². The highest BCUT2D eigenvalue weighted by Gasteiger charge is 2.16. The number of urea groups is 1. The predicted octanol–water partition coefficient (Wildman–Crippen LogP) is 2.18. The monoisotopic (exact) mass is 314 g/mol. The summed E-state index contributed by atoms with van der Waals surface area (Å²) in [4.78, 5) is 11.7. The van der Waals surface area contributed by atoms with E-state index in [2.05, 4.69) is 16.6 Å². The van der Waals surface area contributed by atoms with Crippen LogP contribution in [0.15, 0.2) is 12.1 Å². The third-order valence-electron chi connectivity index (χ3n) is 2.63. The maximum atomic E-state index is 13.7. The van der Waals surface area contributed by atoms with Gasteiger partial charge in [-0.1, -0.05) is 5.92 Å². The first-order chi connectivity index (χ1) is 10.0. The van der Waals surface area contributed by atoms with Crippen LogP contribution in [-0.2, 0) is 0 Å². The highest BCUT2D eigenvalue weighted by Crippen LogP contribution is 2.20. The molecule has 0 fully saturated rings. The molecule has 21 heavy (non-hydrogen) atoms. The Morgan fingerprint density at radius 2 is 2.10 bits per heavy atom. The standard InChI is InChI=1S/C14H16F2N2O2S/c1-3-9-6-11(15)13(12(16)7-9)18-14(20)17-10(4-5-19)8-21-2/h1,6-7,10,19H,4-5,8H2,2H3,(H2,17,18,20). The number of aliphatic hydroxyl groups is 1. The largest absolute Gasteiger partial charge is 0.396 e. The molecule has 3 N–H and O–H groups in total. The molecule has 0 saturated carbocycles. The van der Waals surface area contributed by atoms with Crippen molar-refractivity contribution in [3.63, 3.8) is 0 Å². The zero-order valence-electron chi connectivity index (χ0n) is 11.5. The molecule has 0 aliphatic heterocycles. The van der Waals surface area contributed by atoms with Gasteiger partial charge in [-0.3, -0.25) is 0 Å². The third kappa shape index (κ3) is 5.25. The predicted molar refractivity (Wildman–Crippen MR) is 80.3 cm³/mol. The van der Waals surface area contributed by atoms with Crippen molar-refractivity contribution < 1.29 is 18.7 Å². The minimum Gasteiger partial charge on any atom is -0.396 e. The molecule has 0 radical (unpaired) electrons. The minimum atomic E-state index is -0.943. The smallest absolute Gasteiger partial charge is 0.319 e. The number of rotatable bonds is 6. The zero-order chi connectivity index (χ0) is 15.8. The maximum Gasteiger partial charge on any atom is 0.319 e. The van der Waals surface area contributed by atoms with E-state index in [-0.39, 0.29) is 18.2 Å². The zero-order valence-corrected chi connectivity index (χ0v) is 12.3. The van der Waals surface area contributed by atoms with Crippen LogP contribution in [-0.4, -0.2) is 35.8 Å². The van der Waals surface area contributed by atoms with Gasteiger partial charge in [0, 0.05) is 24.0 Å². The van der Waals surface area contributed by atoms with Crippen molar-refractivity contribution in [1.29, 1.82) is 0 Å². The van der Waals surface area contributed by atoms with Crippen LogP contribution in [0.2, 0.25) is 0 Å². The molecule has 7 heteroatoms. The molecule has 1 rings (SSSR count). The SMILES string of the molecule is C#Cc1cc(F)c(NC(=O)NC(CCO)CSC)c(F)c1. The topological polar surface area (TPSA) is 61.4 Å². The Balaban J connectivity index is 2.77. The van der Waals surface area contributed by atoms with Crippen LogP contribution in [0.1, 0.15) is 12.0 Å². The van der Waals surface area contributed by atoms with Gasteiger partial charge in [0.25, 0.3) is 0 Å². The number of benzene rings is 1. The van der Waals surface area contributed by atoms with E-state index in [4.69, 9.17) is 11.5 Å². The number of hydrogen-bond donors (Lipinski definition) is 3. The lowest BCUT2D eigenvalue weighted by Gasteiger charge is -2.17. The van der Waals surface area contributed by atoms with Gasteiger partial charge in [-0.05, 0) is 24.8 Å². The molecule has 0 aromatic heterocycles. The van der Waals surface area contributed by atoms with E-state index in [0.29, 0.717) is 12.2 Å². The normalized spacial score (nSPS) is 11.6. The molecule has 2 amide bonds. The average molecular weight is 314 g/mol. The highest BCUT2D eigenvalue weighted by atomic mass is 32.2. The summed E-state index contributed by atoms with van der Waals surface area (Å²) in [6.07, 6.45) is 7.27. The fourth-order valence-electron chi connectivity index (χ4n) is 1.67. The second-order valence-corrected chi connectivity index (χ2v) is 5.13. The molecule has 0 saturated heterocycles. The average Bonchev–Trinajstić information content (AvgIpc) is 2.43. The second-order valence-electron chi connectivity index (χ2n) is 4.22. The van der Waals surface area contributed by atoms with Crippen LogP contribution in [0, 0.1) is 24.0 Å². The summed E-state index contributed by atoms with van der Waals surface area (Å²) in [5.74, 6) is 0.809. The number of halogens is 2. The Labute approximate surface area is 126 Å². The van der Waals surface area contributed by atoms with Gasteiger partial charge in [0.1, 0.15) is 5.69 Å². The van der Waals surface area contributed by atoms with E-state index in [1.807, 2.05) is 6.26 Å². The first-order valence-corrected chi connectivity index (χ1v) is 7.54. The van der Waals surface area contributed by atoms with Gasteiger partial charge in [-0.25, -0.2) is 13.6 Å². The summed E-state index contributed by atoms with van der Waals surface area (Å²) in [5, 5.41) is 13.6. The second kappa shape index (κ2) is 8.49. The van der Waals surface area contributed by atoms with Crippen molar-refractivity contribution in [3.05, 3.63) is 29.3 Å². The molecule has 0 bridgehead atoms. The minimum absolute atomic E-state index is 0.0523. The van der Waals surface area contributed by atoms with Crippen molar-refractivity contribution >= 4 is 23.5 Å². The summed E-state index contributed by atoms with van der Waals surface area (Å²) in [6, 6.07) is 0.896. The van der Waals surface area contributed by atoms with E-state index >= 15 is 0 Å². The van der Waals surface area contributed by atoms with Gasteiger partial charge >= 0.3 is 6.03 Å². The maximum absolute atomic E-state index is 13.7. The molecule has 1 aromatic carbocycles. The number of hydrogen-bond acceptors (Lipinski definition) is 3. The first kappa shape index (κ1) is 17.3. The molecule has 1 unspecified atom stereocenters. The van der Waals surface area contributed by atoms with Crippen molar-refractivity contribution in [2.45, 2.75) is 12.5 Å². The summed E-state index contributed by atoms with van der Waals surface area (Å²) < 4.78 is 27.3. The molecule has 0 spiro atoms. The molecule has 0 heterocycles. The quantitative estimate of drug-likeness (QED) is 0.705. The number of carbonyl (C=O) groups excluding carboxylic acids is 1. The van der Waals surface area contributed by atoms with Crippen molar-refractivity contribution in [2.75, 3.05) is 23.9 Å². The van der Waals surface area contributed by atoms with Crippen LogP contribution in [0.5, 0.6) is 0 Å². The molecular formula is C14H16F2N2O2S. The highest BCUT2D eigenvalue weighted by molar-refractivity contribution is 7.98. The number of anilines is 1. The lowest BCUT2D eigenvalue weighted by molar-refractivity contribution is 0.241. The Hall–Kier alpha value is -1.78. The first-order valence-electron chi connectivity index (χ1n) is 6.14. The van der Waals surface area contributed by atoms with Gasteiger partial charge in [0.2, 0.25) is 0 Å². The van der Waals surface area contributed by atoms with E-state index in [9.17, 15) is 13.6 Å². The van der Waals surface area contributed by atoms with E-state index in [0.717, 1.165) is 12.1 Å². The van der Waals surface area contributed by atoms with Gasteiger partial charge in [-0.2, -0.15) is 11.8 Å². The van der Waals surface area contributed by atoms with E-state index in [1.54, 1.807) is 0 Å². The van der Waals surface area contributed by atoms with Crippen LogP contribution in [0.25, 0.3) is 0 Å². The van der Waals surface area contributed by atoms with Crippen molar-refractivity contribution in [3.8, 4) is 12.3 Å². The number of carbonyl (C=O) groups is 1. The van der Waals surface area contributed by atoms with Crippen molar-refractivity contribution in [1.82, 2.24) is 5.32 Å². The third-order valence-corrected chi connectivity index (χ3v) is 3.36. The number of thioether (sulfide) groups is 1.